The molecule has 1 heterocycles. The van der Waals surface area contributed by atoms with Gasteiger partial charge in [-0.1, -0.05) is 23.7 Å². The number of sulfonamides is 1. The number of halogens is 1. The van der Waals surface area contributed by atoms with Crippen LogP contribution in [-0.2, 0) is 10.0 Å². The van der Waals surface area contributed by atoms with Crippen LogP contribution in [0.1, 0.15) is 0 Å². The molecule has 1 atom stereocenters. The van der Waals surface area contributed by atoms with Gasteiger partial charge in [-0.05, 0) is 24.3 Å². The van der Waals surface area contributed by atoms with Gasteiger partial charge in [0, 0.05) is 13.1 Å². The molecule has 1 aliphatic heterocycles. The minimum absolute atomic E-state index is 0.0209. The van der Waals surface area contributed by atoms with Crippen molar-refractivity contribution in [2.24, 2.45) is 0 Å². The van der Waals surface area contributed by atoms with Crippen LogP contribution < -0.4 is 9.47 Å². The summed E-state index contributed by atoms with van der Waals surface area (Å²) in [6.45, 7) is 0.213. The van der Waals surface area contributed by atoms with Crippen molar-refractivity contribution in [3.63, 3.8) is 0 Å². The Labute approximate surface area is 155 Å². The standard InChI is InChI=1S/C16H15ClN2O6S/c1-18(9-11-10-24-15-4-2-3-5-16(15)25-11)26(22,23)12-6-7-13(17)14(8-12)19(20)21/h2-8,11H,9-10H2,1H3/t11-/m0/s1. The van der Waals surface area contributed by atoms with Gasteiger partial charge < -0.3 is 9.47 Å². The molecule has 0 unspecified atom stereocenters. The molecule has 0 radical (unpaired) electrons. The van der Waals surface area contributed by atoms with E-state index >= 15 is 0 Å². The van der Waals surface area contributed by atoms with Gasteiger partial charge in [-0.3, -0.25) is 10.1 Å². The SMILES string of the molecule is CN(C[C@H]1COc2ccccc2O1)S(=O)(=O)c1ccc(Cl)c([N+](=O)[O-])c1. The molecular formula is C16H15ClN2O6S. The van der Waals surface area contributed by atoms with Gasteiger partial charge in [0.2, 0.25) is 10.0 Å². The van der Waals surface area contributed by atoms with E-state index in [1.54, 1.807) is 18.2 Å². The van der Waals surface area contributed by atoms with E-state index in [9.17, 15) is 18.5 Å². The molecule has 0 N–H and O–H groups in total. The molecule has 8 nitrogen and oxygen atoms in total. The number of likely N-dealkylation sites (N-methyl/N-ethyl adjacent to an activating group) is 1. The average Bonchev–Trinajstić information content (AvgIpc) is 2.61. The predicted octanol–water partition coefficient (Wildman–Crippen LogP) is 2.71. The summed E-state index contributed by atoms with van der Waals surface area (Å²) in [5.74, 6) is 1.14. The number of rotatable bonds is 5. The van der Waals surface area contributed by atoms with E-state index in [-0.39, 0.29) is 23.1 Å². The highest BCUT2D eigenvalue weighted by Gasteiger charge is 2.29. The maximum absolute atomic E-state index is 12.7. The summed E-state index contributed by atoms with van der Waals surface area (Å²) in [6, 6.07) is 10.5. The van der Waals surface area contributed by atoms with E-state index in [2.05, 4.69) is 0 Å². The van der Waals surface area contributed by atoms with Crippen LogP contribution in [-0.4, -0.2) is 43.9 Å². The monoisotopic (exact) mass is 398 g/mol. The van der Waals surface area contributed by atoms with Gasteiger partial charge in [0.1, 0.15) is 17.7 Å². The third kappa shape index (κ3) is 3.59. The lowest BCUT2D eigenvalue weighted by molar-refractivity contribution is -0.384. The zero-order chi connectivity index (χ0) is 18.9. The van der Waals surface area contributed by atoms with E-state index in [0.29, 0.717) is 11.5 Å². The van der Waals surface area contributed by atoms with Crippen LogP contribution in [0.3, 0.4) is 0 Å². The molecule has 0 spiro atoms. The van der Waals surface area contributed by atoms with Crippen LogP contribution >= 0.6 is 11.6 Å². The Morgan fingerprint density at radius 3 is 2.65 bits per heavy atom. The number of nitrogens with zero attached hydrogens (tertiary/aromatic N) is 2. The highest BCUT2D eigenvalue weighted by Crippen LogP contribution is 2.32. The molecule has 0 bridgehead atoms. The summed E-state index contributed by atoms with van der Waals surface area (Å²) in [5, 5.41) is 10.9. The number of nitro groups is 1. The van der Waals surface area contributed by atoms with Gasteiger partial charge in [-0.2, -0.15) is 4.31 Å². The lowest BCUT2D eigenvalue weighted by Gasteiger charge is -2.29. The molecule has 26 heavy (non-hydrogen) atoms. The van der Waals surface area contributed by atoms with Crippen LogP contribution in [0.5, 0.6) is 11.5 Å². The molecule has 1 aliphatic rings. The first-order valence-electron chi connectivity index (χ1n) is 7.58. The third-order valence-corrected chi connectivity index (χ3v) is 5.99. The summed E-state index contributed by atoms with van der Waals surface area (Å²) >= 11 is 5.74. The quantitative estimate of drug-likeness (QED) is 0.567. The highest BCUT2D eigenvalue weighted by molar-refractivity contribution is 7.89. The van der Waals surface area contributed by atoms with Crippen molar-refractivity contribution >= 4 is 27.3 Å². The molecule has 0 aromatic heterocycles. The molecule has 0 aliphatic carbocycles. The van der Waals surface area contributed by atoms with E-state index in [4.69, 9.17) is 21.1 Å². The van der Waals surface area contributed by atoms with E-state index in [1.165, 1.54) is 19.2 Å². The number of ether oxygens (including phenoxy) is 2. The van der Waals surface area contributed by atoms with Crippen molar-refractivity contribution in [1.29, 1.82) is 0 Å². The zero-order valence-electron chi connectivity index (χ0n) is 13.7. The highest BCUT2D eigenvalue weighted by atomic mass is 35.5. The second kappa shape index (κ2) is 7.10. The van der Waals surface area contributed by atoms with Crippen LogP contribution in [0, 0.1) is 10.1 Å². The molecule has 2 aromatic carbocycles. The van der Waals surface area contributed by atoms with Crippen LogP contribution in [0.15, 0.2) is 47.4 Å². The Kier molecular flexibility index (Phi) is 5.03. The normalized spacial score (nSPS) is 16.5. The summed E-state index contributed by atoms with van der Waals surface area (Å²) in [6.07, 6.45) is -0.507. The number of nitro benzene ring substituents is 1. The molecule has 0 saturated carbocycles. The molecule has 138 valence electrons. The first kappa shape index (κ1) is 18.4. The summed E-state index contributed by atoms with van der Waals surface area (Å²) in [5.41, 5.74) is -0.465. The summed E-state index contributed by atoms with van der Waals surface area (Å²) < 4.78 is 37.8. The molecule has 2 aromatic rings. The lowest BCUT2D eigenvalue weighted by Crippen LogP contribution is -2.41. The molecule has 3 rings (SSSR count). The minimum atomic E-state index is -3.95. The van der Waals surface area contributed by atoms with Gasteiger partial charge >= 0.3 is 0 Å². The van der Waals surface area contributed by atoms with E-state index in [1.807, 2.05) is 6.07 Å². The first-order chi connectivity index (χ1) is 12.3. The van der Waals surface area contributed by atoms with Crippen molar-refractivity contribution in [2.45, 2.75) is 11.0 Å². The average molecular weight is 399 g/mol. The number of fused-ring (bicyclic) bond motifs is 1. The summed E-state index contributed by atoms with van der Waals surface area (Å²) in [4.78, 5) is 10.0. The smallest absolute Gasteiger partial charge is 0.289 e. The molecule has 0 saturated heterocycles. The van der Waals surface area contributed by atoms with Crippen LogP contribution in [0.2, 0.25) is 5.02 Å². The maximum Gasteiger partial charge on any atom is 0.289 e. The fraction of sp³-hybridized carbons (Fsp3) is 0.250. The Hall–Kier alpha value is -2.36. The van der Waals surface area contributed by atoms with Gasteiger partial charge in [0.25, 0.3) is 5.69 Å². The van der Waals surface area contributed by atoms with E-state index < -0.39 is 26.7 Å². The van der Waals surface area contributed by atoms with Crippen molar-refractivity contribution < 1.29 is 22.8 Å². The fourth-order valence-corrected chi connectivity index (χ4v) is 3.92. The minimum Gasteiger partial charge on any atom is -0.486 e. The van der Waals surface area contributed by atoms with Crippen molar-refractivity contribution in [1.82, 2.24) is 4.31 Å². The van der Waals surface area contributed by atoms with Crippen molar-refractivity contribution in [3.8, 4) is 11.5 Å². The maximum atomic E-state index is 12.7. The third-order valence-electron chi connectivity index (χ3n) is 3.85. The summed E-state index contributed by atoms with van der Waals surface area (Å²) in [7, 11) is -2.58. The Morgan fingerprint density at radius 1 is 1.27 bits per heavy atom. The second-order valence-electron chi connectivity index (χ2n) is 5.65. The van der Waals surface area contributed by atoms with Gasteiger partial charge in [-0.15, -0.1) is 0 Å². The predicted molar refractivity (Wildman–Crippen MR) is 94.3 cm³/mol. The molecule has 0 amide bonds. The molecule has 0 fully saturated rings. The van der Waals surface area contributed by atoms with Gasteiger partial charge in [0.05, 0.1) is 16.4 Å². The number of hydrogen-bond acceptors (Lipinski definition) is 6. The molecule has 10 heteroatoms. The van der Waals surface area contributed by atoms with E-state index in [0.717, 1.165) is 10.4 Å². The second-order valence-corrected chi connectivity index (χ2v) is 8.11. The fourth-order valence-electron chi connectivity index (χ4n) is 2.51. The zero-order valence-corrected chi connectivity index (χ0v) is 15.2. The largest absolute Gasteiger partial charge is 0.486 e. The Morgan fingerprint density at radius 2 is 1.96 bits per heavy atom. The number of benzene rings is 2. The Bertz CT molecular complexity index is 950. The molecular weight excluding hydrogens is 384 g/mol. The topological polar surface area (TPSA) is 99.0 Å². The van der Waals surface area contributed by atoms with Crippen LogP contribution in [0.25, 0.3) is 0 Å². The number of hydrogen-bond donors (Lipinski definition) is 0. The van der Waals surface area contributed by atoms with Crippen molar-refractivity contribution in [3.05, 3.63) is 57.6 Å². The van der Waals surface area contributed by atoms with Crippen molar-refractivity contribution in [2.75, 3.05) is 20.2 Å². The first-order valence-corrected chi connectivity index (χ1v) is 9.39. The van der Waals surface area contributed by atoms with Crippen LogP contribution in [0.4, 0.5) is 5.69 Å². The van der Waals surface area contributed by atoms with Gasteiger partial charge in [0.15, 0.2) is 11.5 Å². The lowest BCUT2D eigenvalue weighted by atomic mass is 10.2. The Balaban J connectivity index is 1.78. The number of para-hydroxylation sites is 2. The van der Waals surface area contributed by atoms with Gasteiger partial charge in [-0.25, -0.2) is 8.42 Å².